The number of nitrogens with zero attached hydrogens (tertiary/aromatic N) is 1. The second-order valence-electron chi connectivity index (χ2n) is 8.51. The molecule has 2 heteroatoms. The number of aryl methyl sites for hydroxylation is 2. The number of H-pyrrole nitrogens is 1. The Hall–Kier alpha value is -0.790. The normalized spacial score (nSPS) is 11.3. The van der Waals surface area contributed by atoms with Crippen molar-refractivity contribution in [1.29, 1.82) is 0 Å². The molecule has 1 aromatic rings. The quantitative estimate of drug-likeness (QED) is 0.227. The van der Waals surface area contributed by atoms with E-state index in [4.69, 9.17) is 0 Å². The van der Waals surface area contributed by atoms with Crippen molar-refractivity contribution >= 4 is 0 Å². The van der Waals surface area contributed by atoms with Crippen LogP contribution in [0.4, 0.5) is 0 Å². The number of aromatic amines is 1. The van der Waals surface area contributed by atoms with Gasteiger partial charge in [0.1, 0.15) is 5.82 Å². The molecule has 0 aromatic carbocycles. The molecule has 0 saturated carbocycles. The number of hydrogen-bond acceptors (Lipinski definition) is 1. The third-order valence-electron chi connectivity index (χ3n) is 5.75. The van der Waals surface area contributed by atoms with Crippen LogP contribution in [0.5, 0.6) is 0 Å². The SMILES string of the molecule is CCCCCCCCCCCCCCCCCc1cnc(CCCCC)[nH]1. The lowest BCUT2D eigenvalue weighted by Gasteiger charge is -2.03. The molecule has 0 fully saturated rings. The van der Waals surface area contributed by atoms with Crippen LogP contribution in [0, 0.1) is 0 Å². The Balaban J connectivity index is 1.80. The molecule has 0 radical (unpaired) electrons. The highest BCUT2D eigenvalue weighted by Gasteiger charge is 2.01. The largest absolute Gasteiger partial charge is 0.346 e. The van der Waals surface area contributed by atoms with Gasteiger partial charge in [-0.05, 0) is 19.3 Å². The predicted molar refractivity (Wildman–Crippen MR) is 120 cm³/mol. The van der Waals surface area contributed by atoms with Gasteiger partial charge in [0.2, 0.25) is 0 Å². The number of hydrogen-bond donors (Lipinski definition) is 1. The lowest BCUT2D eigenvalue weighted by molar-refractivity contribution is 0.532. The van der Waals surface area contributed by atoms with Crippen LogP contribution in [0.25, 0.3) is 0 Å². The first-order valence-electron chi connectivity index (χ1n) is 12.4. The highest BCUT2D eigenvalue weighted by Crippen LogP contribution is 2.14. The first-order chi connectivity index (χ1) is 13.4. The van der Waals surface area contributed by atoms with Crippen LogP contribution >= 0.6 is 0 Å². The summed E-state index contributed by atoms with van der Waals surface area (Å²) in [7, 11) is 0. The minimum Gasteiger partial charge on any atom is -0.346 e. The predicted octanol–water partition coefficient (Wildman–Crippen LogP) is 8.56. The summed E-state index contributed by atoms with van der Waals surface area (Å²) in [5.41, 5.74) is 1.34. The fourth-order valence-corrected chi connectivity index (χ4v) is 3.89. The molecule has 0 saturated heterocycles. The topological polar surface area (TPSA) is 28.7 Å². The molecule has 0 atom stereocenters. The lowest BCUT2D eigenvalue weighted by Crippen LogP contribution is -1.90. The van der Waals surface area contributed by atoms with Crippen LogP contribution < -0.4 is 0 Å². The minimum absolute atomic E-state index is 1.12. The second kappa shape index (κ2) is 18.6. The fourth-order valence-electron chi connectivity index (χ4n) is 3.89. The van der Waals surface area contributed by atoms with Gasteiger partial charge in [-0.3, -0.25) is 0 Å². The third kappa shape index (κ3) is 14.9. The van der Waals surface area contributed by atoms with Crippen molar-refractivity contribution in [2.45, 2.75) is 142 Å². The Labute approximate surface area is 170 Å². The summed E-state index contributed by atoms with van der Waals surface area (Å²) in [6, 6.07) is 0. The molecule has 0 amide bonds. The number of aromatic nitrogens is 2. The minimum atomic E-state index is 1.12. The Morgan fingerprint density at radius 2 is 0.963 bits per heavy atom. The van der Waals surface area contributed by atoms with Crippen molar-refractivity contribution in [3.8, 4) is 0 Å². The van der Waals surface area contributed by atoms with Crippen LogP contribution in [0.15, 0.2) is 6.20 Å². The zero-order valence-electron chi connectivity index (χ0n) is 18.7. The summed E-state index contributed by atoms with van der Waals surface area (Å²) in [5, 5.41) is 0. The zero-order chi connectivity index (χ0) is 19.4. The van der Waals surface area contributed by atoms with Gasteiger partial charge < -0.3 is 4.98 Å². The molecule has 0 unspecified atom stereocenters. The summed E-state index contributed by atoms with van der Waals surface area (Å²) >= 11 is 0. The Kier molecular flexibility index (Phi) is 16.7. The van der Waals surface area contributed by atoms with Gasteiger partial charge >= 0.3 is 0 Å². The van der Waals surface area contributed by atoms with Gasteiger partial charge in [0, 0.05) is 18.3 Å². The number of unbranched alkanes of at least 4 members (excludes halogenated alkanes) is 16. The smallest absolute Gasteiger partial charge is 0.106 e. The first kappa shape index (κ1) is 24.2. The van der Waals surface area contributed by atoms with E-state index >= 15 is 0 Å². The van der Waals surface area contributed by atoms with E-state index in [1.165, 1.54) is 134 Å². The van der Waals surface area contributed by atoms with E-state index in [1.54, 1.807) is 0 Å². The van der Waals surface area contributed by atoms with E-state index < -0.39 is 0 Å². The van der Waals surface area contributed by atoms with Gasteiger partial charge in [0.15, 0.2) is 0 Å². The molecule has 1 heterocycles. The van der Waals surface area contributed by atoms with E-state index in [0.29, 0.717) is 0 Å². The Morgan fingerprint density at radius 1 is 0.556 bits per heavy atom. The monoisotopic (exact) mass is 376 g/mol. The van der Waals surface area contributed by atoms with Crippen LogP contribution in [-0.2, 0) is 12.8 Å². The van der Waals surface area contributed by atoms with Crippen LogP contribution in [-0.4, -0.2) is 9.97 Å². The summed E-state index contributed by atoms with van der Waals surface area (Å²) in [5.74, 6) is 1.19. The number of imidazole rings is 1. The van der Waals surface area contributed by atoms with E-state index in [9.17, 15) is 0 Å². The van der Waals surface area contributed by atoms with Crippen molar-refractivity contribution in [2.24, 2.45) is 0 Å². The summed E-state index contributed by atoms with van der Waals surface area (Å²) in [4.78, 5) is 8.03. The molecular weight excluding hydrogens is 328 g/mol. The molecule has 0 aliphatic heterocycles. The summed E-state index contributed by atoms with van der Waals surface area (Å²) < 4.78 is 0. The van der Waals surface area contributed by atoms with Crippen molar-refractivity contribution in [3.05, 3.63) is 17.7 Å². The summed E-state index contributed by atoms with van der Waals surface area (Å²) in [6.07, 6.45) is 29.7. The molecule has 0 aliphatic carbocycles. The highest BCUT2D eigenvalue weighted by atomic mass is 14.9. The zero-order valence-corrected chi connectivity index (χ0v) is 18.7. The number of nitrogens with one attached hydrogen (secondary N) is 1. The maximum absolute atomic E-state index is 4.52. The molecule has 1 N–H and O–H groups in total. The average Bonchev–Trinajstić information content (AvgIpc) is 3.13. The molecule has 27 heavy (non-hydrogen) atoms. The van der Waals surface area contributed by atoms with E-state index in [1.807, 2.05) is 0 Å². The van der Waals surface area contributed by atoms with Crippen molar-refractivity contribution in [3.63, 3.8) is 0 Å². The van der Waals surface area contributed by atoms with Gasteiger partial charge in [-0.1, -0.05) is 117 Å². The maximum atomic E-state index is 4.52. The molecular formula is C25H48N2. The standard InChI is InChI=1S/C25H48N2/c1-3-5-7-8-9-10-11-12-13-14-15-16-17-18-20-21-24-23-26-25(27-24)22-19-6-4-2/h23H,3-22H2,1-2H3,(H,26,27). The molecule has 0 spiro atoms. The van der Waals surface area contributed by atoms with Crippen LogP contribution in [0.1, 0.15) is 141 Å². The molecule has 2 nitrogen and oxygen atoms in total. The van der Waals surface area contributed by atoms with Crippen molar-refractivity contribution in [2.75, 3.05) is 0 Å². The van der Waals surface area contributed by atoms with Gasteiger partial charge in [-0.25, -0.2) is 4.98 Å². The van der Waals surface area contributed by atoms with Crippen molar-refractivity contribution in [1.82, 2.24) is 9.97 Å². The average molecular weight is 377 g/mol. The summed E-state index contributed by atoms with van der Waals surface area (Å²) in [6.45, 7) is 4.55. The van der Waals surface area contributed by atoms with Crippen LogP contribution in [0.2, 0.25) is 0 Å². The maximum Gasteiger partial charge on any atom is 0.106 e. The fraction of sp³-hybridized carbons (Fsp3) is 0.880. The molecule has 0 aliphatic rings. The van der Waals surface area contributed by atoms with Crippen LogP contribution in [0.3, 0.4) is 0 Å². The first-order valence-corrected chi connectivity index (χ1v) is 12.4. The third-order valence-corrected chi connectivity index (χ3v) is 5.75. The number of rotatable bonds is 20. The second-order valence-corrected chi connectivity index (χ2v) is 8.51. The van der Waals surface area contributed by atoms with E-state index in [2.05, 4.69) is 30.0 Å². The Morgan fingerprint density at radius 3 is 1.48 bits per heavy atom. The van der Waals surface area contributed by atoms with E-state index in [0.717, 1.165) is 6.42 Å². The van der Waals surface area contributed by atoms with Crippen molar-refractivity contribution < 1.29 is 0 Å². The highest BCUT2D eigenvalue weighted by molar-refractivity contribution is 5.01. The molecule has 1 rings (SSSR count). The Bertz CT molecular complexity index is 410. The molecule has 0 bridgehead atoms. The van der Waals surface area contributed by atoms with Gasteiger partial charge in [-0.2, -0.15) is 0 Å². The van der Waals surface area contributed by atoms with Gasteiger partial charge in [0.25, 0.3) is 0 Å². The van der Waals surface area contributed by atoms with E-state index in [-0.39, 0.29) is 0 Å². The lowest BCUT2D eigenvalue weighted by atomic mass is 10.0. The molecule has 1 aromatic heterocycles. The van der Waals surface area contributed by atoms with Gasteiger partial charge in [-0.15, -0.1) is 0 Å². The molecule has 158 valence electrons. The van der Waals surface area contributed by atoms with Gasteiger partial charge in [0.05, 0.1) is 0 Å².